The number of carbonyl (C=O) groups excluding carboxylic acids is 1. The maximum Gasteiger partial charge on any atom is 0.317 e. The van der Waals surface area contributed by atoms with E-state index in [2.05, 4.69) is 10.3 Å². The number of β-amino-alcohol motifs (C(OH)–C–C–N with tert-alkyl or cyclic N) is 1. The van der Waals surface area contributed by atoms with E-state index in [0.717, 1.165) is 24.9 Å². The number of carbonyl (C=O) groups is 1. The largest absolute Gasteiger partial charge is 0.391 e. The third-order valence-electron chi connectivity index (χ3n) is 2.85. The predicted molar refractivity (Wildman–Crippen MR) is 63.3 cm³/mol. The van der Waals surface area contributed by atoms with Gasteiger partial charge in [-0.25, -0.2) is 4.79 Å². The SMILES string of the molecule is O=C(NCc1cccnc1)N1CCCC(O)C1. The zero-order chi connectivity index (χ0) is 12.1. The smallest absolute Gasteiger partial charge is 0.317 e. The van der Waals surface area contributed by atoms with Gasteiger partial charge in [0.2, 0.25) is 0 Å². The first kappa shape index (κ1) is 11.9. The number of rotatable bonds is 2. The molecule has 0 aromatic carbocycles. The molecule has 1 unspecified atom stereocenters. The molecule has 92 valence electrons. The lowest BCUT2D eigenvalue weighted by molar-refractivity contribution is 0.0842. The normalized spacial score (nSPS) is 20.1. The van der Waals surface area contributed by atoms with E-state index >= 15 is 0 Å². The van der Waals surface area contributed by atoms with Crippen molar-refractivity contribution in [1.29, 1.82) is 0 Å². The van der Waals surface area contributed by atoms with E-state index in [-0.39, 0.29) is 12.1 Å². The van der Waals surface area contributed by atoms with Crippen molar-refractivity contribution in [2.24, 2.45) is 0 Å². The second-order valence-electron chi connectivity index (χ2n) is 4.26. The van der Waals surface area contributed by atoms with Crippen molar-refractivity contribution in [2.45, 2.75) is 25.5 Å². The number of nitrogens with zero attached hydrogens (tertiary/aromatic N) is 2. The van der Waals surface area contributed by atoms with Gasteiger partial charge in [-0.3, -0.25) is 4.98 Å². The molecule has 1 aromatic rings. The molecule has 5 nitrogen and oxygen atoms in total. The number of likely N-dealkylation sites (tertiary alicyclic amines) is 1. The van der Waals surface area contributed by atoms with Gasteiger partial charge in [-0.1, -0.05) is 6.07 Å². The van der Waals surface area contributed by atoms with E-state index in [0.29, 0.717) is 13.1 Å². The maximum absolute atomic E-state index is 11.8. The fourth-order valence-electron chi connectivity index (χ4n) is 1.93. The van der Waals surface area contributed by atoms with E-state index in [1.807, 2.05) is 12.1 Å². The molecule has 1 fully saturated rings. The first-order chi connectivity index (χ1) is 8.25. The van der Waals surface area contributed by atoms with Crippen LogP contribution in [0.4, 0.5) is 4.79 Å². The van der Waals surface area contributed by atoms with Gasteiger partial charge in [-0.2, -0.15) is 0 Å². The molecule has 0 aliphatic carbocycles. The zero-order valence-corrected chi connectivity index (χ0v) is 9.67. The Kier molecular flexibility index (Phi) is 3.93. The average molecular weight is 235 g/mol. The number of pyridine rings is 1. The molecule has 2 amide bonds. The maximum atomic E-state index is 11.8. The van der Waals surface area contributed by atoms with Crippen molar-refractivity contribution in [3.63, 3.8) is 0 Å². The standard InChI is InChI=1S/C12H17N3O2/c16-11-4-2-6-15(9-11)12(17)14-8-10-3-1-5-13-7-10/h1,3,5,7,11,16H,2,4,6,8-9H2,(H,14,17). The lowest BCUT2D eigenvalue weighted by Crippen LogP contribution is -2.46. The fourth-order valence-corrected chi connectivity index (χ4v) is 1.93. The highest BCUT2D eigenvalue weighted by molar-refractivity contribution is 5.74. The van der Waals surface area contributed by atoms with Crippen molar-refractivity contribution in [3.8, 4) is 0 Å². The molecule has 17 heavy (non-hydrogen) atoms. The third-order valence-corrected chi connectivity index (χ3v) is 2.85. The number of nitrogens with one attached hydrogen (secondary N) is 1. The highest BCUT2D eigenvalue weighted by Gasteiger charge is 2.21. The van der Waals surface area contributed by atoms with Gasteiger partial charge in [0, 0.05) is 32.0 Å². The average Bonchev–Trinajstić information content (AvgIpc) is 2.37. The highest BCUT2D eigenvalue weighted by atomic mass is 16.3. The number of piperidine rings is 1. The summed E-state index contributed by atoms with van der Waals surface area (Å²) in [6.07, 6.45) is 4.69. The Balaban J connectivity index is 1.81. The summed E-state index contributed by atoms with van der Waals surface area (Å²) in [7, 11) is 0. The van der Waals surface area contributed by atoms with E-state index in [9.17, 15) is 9.90 Å². The van der Waals surface area contributed by atoms with Crippen LogP contribution >= 0.6 is 0 Å². The van der Waals surface area contributed by atoms with Crippen molar-refractivity contribution in [3.05, 3.63) is 30.1 Å². The molecule has 0 bridgehead atoms. The van der Waals surface area contributed by atoms with Crippen LogP contribution < -0.4 is 5.32 Å². The lowest BCUT2D eigenvalue weighted by atomic mass is 10.1. The van der Waals surface area contributed by atoms with Gasteiger partial charge < -0.3 is 15.3 Å². The molecular weight excluding hydrogens is 218 g/mol. The van der Waals surface area contributed by atoms with Crippen molar-refractivity contribution < 1.29 is 9.90 Å². The van der Waals surface area contributed by atoms with Gasteiger partial charge in [-0.05, 0) is 24.5 Å². The summed E-state index contributed by atoms with van der Waals surface area (Å²) in [6.45, 7) is 1.62. The molecule has 1 aliphatic heterocycles. The van der Waals surface area contributed by atoms with Crippen LogP contribution in [0.5, 0.6) is 0 Å². The second-order valence-corrected chi connectivity index (χ2v) is 4.26. The Morgan fingerprint density at radius 2 is 2.53 bits per heavy atom. The first-order valence-electron chi connectivity index (χ1n) is 5.85. The van der Waals surface area contributed by atoms with Gasteiger partial charge >= 0.3 is 6.03 Å². The summed E-state index contributed by atoms with van der Waals surface area (Å²) in [4.78, 5) is 17.4. The Hall–Kier alpha value is -1.62. The highest BCUT2D eigenvalue weighted by Crippen LogP contribution is 2.09. The monoisotopic (exact) mass is 235 g/mol. The van der Waals surface area contributed by atoms with Crippen LogP contribution in [0.15, 0.2) is 24.5 Å². The van der Waals surface area contributed by atoms with Crippen molar-refractivity contribution in [1.82, 2.24) is 15.2 Å². The summed E-state index contributed by atoms with van der Waals surface area (Å²) in [5.41, 5.74) is 0.971. The number of urea groups is 1. The van der Waals surface area contributed by atoms with Gasteiger partial charge in [0.1, 0.15) is 0 Å². The van der Waals surface area contributed by atoms with Crippen LogP contribution in [0.2, 0.25) is 0 Å². The van der Waals surface area contributed by atoms with Crippen LogP contribution in [0.25, 0.3) is 0 Å². The molecule has 2 rings (SSSR count). The summed E-state index contributed by atoms with van der Waals surface area (Å²) in [6, 6.07) is 3.64. The fraction of sp³-hybridized carbons (Fsp3) is 0.500. The number of hydrogen-bond donors (Lipinski definition) is 2. The van der Waals surface area contributed by atoms with E-state index < -0.39 is 0 Å². The lowest BCUT2D eigenvalue weighted by Gasteiger charge is -2.30. The molecule has 5 heteroatoms. The number of aliphatic hydroxyl groups is 1. The van der Waals surface area contributed by atoms with E-state index in [1.54, 1.807) is 17.3 Å². The summed E-state index contributed by atoms with van der Waals surface area (Å²) in [5, 5.41) is 12.3. The predicted octanol–water partition coefficient (Wildman–Crippen LogP) is 0.748. The summed E-state index contributed by atoms with van der Waals surface area (Å²) < 4.78 is 0. The minimum absolute atomic E-state index is 0.118. The van der Waals surface area contributed by atoms with Crippen LogP contribution in [-0.2, 0) is 6.54 Å². The van der Waals surface area contributed by atoms with Crippen LogP contribution in [-0.4, -0.2) is 40.2 Å². The number of aliphatic hydroxyl groups excluding tert-OH is 1. The molecule has 1 saturated heterocycles. The molecule has 0 radical (unpaired) electrons. The molecule has 1 atom stereocenters. The van der Waals surface area contributed by atoms with Gasteiger partial charge in [0.15, 0.2) is 0 Å². The van der Waals surface area contributed by atoms with Gasteiger partial charge in [-0.15, -0.1) is 0 Å². The van der Waals surface area contributed by atoms with Crippen LogP contribution in [0.3, 0.4) is 0 Å². The second kappa shape index (κ2) is 5.63. The van der Waals surface area contributed by atoms with E-state index in [1.165, 1.54) is 0 Å². The quantitative estimate of drug-likeness (QED) is 0.795. The summed E-state index contributed by atoms with van der Waals surface area (Å²) in [5.74, 6) is 0. The third kappa shape index (κ3) is 3.42. The van der Waals surface area contributed by atoms with Crippen LogP contribution in [0, 0.1) is 0 Å². The molecule has 0 spiro atoms. The molecule has 1 aromatic heterocycles. The Morgan fingerprint density at radius 1 is 1.65 bits per heavy atom. The zero-order valence-electron chi connectivity index (χ0n) is 9.67. The first-order valence-corrected chi connectivity index (χ1v) is 5.85. The van der Waals surface area contributed by atoms with Crippen molar-refractivity contribution in [2.75, 3.05) is 13.1 Å². The number of hydrogen-bond acceptors (Lipinski definition) is 3. The molecule has 2 heterocycles. The summed E-state index contributed by atoms with van der Waals surface area (Å²) >= 11 is 0. The Morgan fingerprint density at radius 3 is 3.24 bits per heavy atom. The van der Waals surface area contributed by atoms with Crippen molar-refractivity contribution >= 4 is 6.03 Å². The molecular formula is C12H17N3O2. The number of amides is 2. The molecule has 1 aliphatic rings. The molecule has 0 saturated carbocycles. The van der Waals surface area contributed by atoms with Gasteiger partial charge in [0.25, 0.3) is 0 Å². The number of aromatic nitrogens is 1. The Labute approximate surface area is 100 Å². The minimum atomic E-state index is -0.382. The Bertz CT molecular complexity index is 369. The van der Waals surface area contributed by atoms with Crippen LogP contribution in [0.1, 0.15) is 18.4 Å². The van der Waals surface area contributed by atoms with E-state index in [4.69, 9.17) is 0 Å². The molecule has 2 N–H and O–H groups in total. The topological polar surface area (TPSA) is 65.5 Å². The van der Waals surface area contributed by atoms with Gasteiger partial charge in [0.05, 0.1) is 6.10 Å². The minimum Gasteiger partial charge on any atom is -0.391 e.